The maximum atomic E-state index is 12.0. The van der Waals surface area contributed by atoms with Gasteiger partial charge in [-0.1, -0.05) is 26.2 Å². The van der Waals surface area contributed by atoms with E-state index in [2.05, 4.69) is 27.3 Å². The molecule has 0 unspecified atom stereocenters. The fraction of sp³-hybridized carbons (Fsp3) is 0.571. The molecule has 0 saturated heterocycles. The van der Waals surface area contributed by atoms with Crippen LogP contribution in [0.3, 0.4) is 0 Å². The number of rotatable bonds is 6. The van der Waals surface area contributed by atoms with Gasteiger partial charge in [0.2, 0.25) is 5.82 Å². The van der Waals surface area contributed by atoms with Crippen molar-refractivity contribution in [2.75, 3.05) is 6.54 Å². The third-order valence-corrected chi connectivity index (χ3v) is 3.14. The molecule has 0 aliphatic carbocycles. The number of amides is 1. The van der Waals surface area contributed by atoms with Crippen molar-refractivity contribution in [2.24, 2.45) is 0 Å². The SMILES string of the molecule is CCCCCCNC(=O)c1nc2nc(C)cc(C)n2n1. The second-order valence-corrected chi connectivity index (χ2v) is 5.00. The van der Waals surface area contributed by atoms with E-state index in [1.165, 1.54) is 12.8 Å². The van der Waals surface area contributed by atoms with Gasteiger partial charge in [0.05, 0.1) is 0 Å². The summed E-state index contributed by atoms with van der Waals surface area (Å²) in [5.74, 6) is 0.421. The molecule has 108 valence electrons. The Hall–Kier alpha value is -1.98. The third-order valence-electron chi connectivity index (χ3n) is 3.14. The van der Waals surface area contributed by atoms with Crippen molar-refractivity contribution in [1.82, 2.24) is 24.9 Å². The summed E-state index contributed by atoms with van der Waals surface area (Å²) in [6.07, 6.45) is 4.51. The summed E-state index contributed by atoms with van der Waals surface area (Å²) in [5, 5.41) is 7.05. The highest BCUT2D eigenvalue weighted by atomic mass is 16.2. The highest BCUT2D eigenvalue weighted by Gasteiger charge is 2.14. The summed E-state index contributed by atoms with van der Waals surface area (Å²) >= 11 is 0. The molecule has 6 nitrogen and oxygen atoms in total. The molecule has 6 heteroatoms. The molecular weight excluding hydrogens is 254 g/mol. The predicted molar refractivity (Wildman–Crippen MR) is 76.7 cm³/mol. The zero-order valence-corrected chi connectivity index (χ0v) is 12.3. The van der Waals surface area contributed by atoms with Crippen LogP contribution in [0.15, 0.2) is 6.07 Å². The van der Waals surface area contributed by atoms with Crippen molar-refractivity contribution in [3.63, 3.8) is 0 Å². The van der Waals surface area contributed by atoms with Crippen LogP contribution in [-0.2, 0) is 0 Å². The Morgan fingerprint density at radius 3 is 2.80 bits per heavy atom. The Bertz CT molecular complexity index is 605. The van der Waals surface area contributed by atoms with Gasteiger partial charge in [-0.15, -0.1) is 5.10 Å². The van der Waals surface area contributed by atoms with Gasteiger partial charge in [0.25, 0.3) is 11.7 Å². The van der Waals surface area contributed by atoms with E-state index in [-0.39, 0.29) is 11.7 Å². The number of unbranched alkanes of at least 4 members (excludes halogenated alkanes) is 3. The quantitative estimate of drug-likeness (QED) is 0.819. The number of carbonyl (C=O) groups is 1. The molecule has 0 aromatic carbocycles. The van der Waals surface area contributed by atoms with Crippen LogP contribution < -0.4 is 5.32 Å². The smallest absolute Gasteiger partial charge is 0.291 e. The first-order chi connectivity index (χ1) is 9.61. The minimum absolute atomic E-state index is 0.182. The normalized spacial score (nSPS) is 10.9. The van der Waals surface area contributed by atoms with Crippen LogP contribution in [0.5, 0.6) is 0 Å². The van der Waals surface area contributed by atoms with E-state index in [9.17, 15) is 4.79 Å². The first-order valence-corrected chi connectivity index (χ1v) is 7.11. The molecule has 20 heavy (non-hydrogen) atoms. The van der Waals surface area contributed by atoms with Crippen molar-refractivity contribution in [1.29, 1.82) is 0 Å². The van der Waals surface area contributed by atoms with Crippen LogP contribution in [-0.4, -0.2) is 32.0 Å². The van der Waals surface area contributed by atoms with Crippen molar-refractivity contribution in [2.45, 2.75) is 46.5 Å². The lowest BCUT2D eigenvalue weighted by atomic mass is 10.2. The highest BCUT2D eigenvalue weighted by Crippen LogP contribution is 2.05. The average Bonchev–Trinajstić information content (AvgIpc) is 2.82. The summed E-state index contributed by atoms with van der Waals surface area (Å²) in [7, 11) is 0. The van der Waals surface area contributed by atoms with Crippen LogP contribution in [0.2, 0.25) is 0 Å². The minimum Gasteiger partial charge on any atom is -0.349 e. The molecule has 2 aromatic heterocycles. The number of hydrogen-bond acceptors (Lipinski definition) is 4. The van der Waals surface area contributed by atoms with Crippen molar-refractivity contribution in [3.8, 4) is 0 Å². The van der Waals surface area contributed by atoms with Gasteiger partial charge in [0.15, 0.2) is 0 Å². The second kappa shape index (κ2) is 6.45. The van der Waals surface area contributed by atoms with E-state index in [0.29, 0.717) is 12.3 Å². The fourth-order valence-electron chi connectivity index (χ4n) is 2.10. The van der Waals surface area contributed by atoms with Crippen molar-refractivity contribution >= 4 is 11.7 Å². The number of hydrogen-bond donors (Lipinski definition) is 1. The van der Waals surface area contributed by atoms with Gasteiger partial charge >= 0.3 is 0 Å². The zero-order chi connectivity index (χ0) is 14.5. The van der Waals surface area contributed by atoms with E-state index < -0.39 is 0 Å². The van der Waals surface area contributed by atoms with Gasteiger partial charge in [0, 0.05) is 17.9 Å². The van der Waals surface area contributed by atoms with Crippen LogP contribution in [0.25, 0.3) is 5.78 Å². The molecule has 1 amide bonds. The van der Waals surface area contributed by atoms with E-state index in [0.717, 1.165) is 24.2 Å². The van der Waals surface area contributed by atoms with E-state index in [1.807, 2.05) is 19.9 Å². The van der Waals surface area contributed by atoms with Crippen LogP contribution in [0.4, 0.5) is 0 Å². The summed E-state index contributed by atoms with van der Waals surface area (Å²) in [4.78, 5) is 20.4. The van der Waals surface area contributed by atoms with E-state index in [4.69, 9.17) is 0 Å². The first-order valence-electron chi connectivity index (χ1n) is 7.11. The third kappa shape index (κ3) is 3.31. The summed E-state index contributed by atoms with van der Waals surface area (Å²) in [5.41, 5.74) is 1.79. The average molecular weight is 275 g/mol. The molecule has 2 aromatic rings. The Labute approximate surface area is 118 Å². The molecule has 0 saturated carbocycles. The van der Waals surface area contributed by atoms with Crippen LogP contribution in [0, 0.1) is 13.8 Å². The van der Waals surface area contributed by atoms with E-state index in [1.54, 1.807) is 4.52 Å². The topological polar surface area (TPSA) is 72.2 Å². The molecule has 0 fully saturated rings. The minimum atomic E-state index is -0.232. The lowest BCUT2D eigenvalue weighted by molar-refractivity contribution is 0.0943. The van der Waals surface area contributed by atoms with Gasteiger partial charge in [-0.2, -0.15) is 4.98 Å². The summed E-state index contributed by atoms with van der Waals surface area (Å²) in [6, 6.07) is 1.91. The van der Waals surface area contributed by atoms with Crippen LogP contribution in [0.1, 0.15) is 54.6 Å². The number of nitrogens with zero attached hydrogens (tertiary/aromatic N) is 4. The lowest BCUT2D eigenvalue weighted by Crippen LogP contribution is -2.25. The maximum absolute atomic E-state index is 12.0. The molecule has 0 radical (unpaired) electrons. The lowest BCUT2D eigenvalue weighted by Gasteiger charge is -2.01. The number of fused-ring (bicyclic) bond motifs is 1. The Morgan fingerprint density at radius 1 is 1.25 bits per heavy atom. The van der Waals surface area contributed by atoms with Crippen molar-refractivity contribution in [3.05, 3.63) is 23.3 Å². The fourth-order valence-corrected chi connectivity index (χ4v) is 2.10. The van der Waals surface area contributed by atoms with Crippen molar-refractivity contribution < 1.29 is 4.79 Å². The molecule has 0 spiro atoms. The number of aryl methyl sites for hydroxylation is 2. The molecular formula is C14H21N5O. The zero-order valence-electron chi connectivity index (χ0n) is 12.3. The Balaban J connectivity index is 2.02. The molecule has 0 aliphatic rings. The maximum Gasteiger partial charge on any atom is 0.291 e. The highest BCUT2D eigenvalue weighted by molar-refractivity contribution is 5.90. The Morgan fingerprint density at radius 2 is 2.05 bits per heavy atom. The largest absolute Gasteiger partial charge is 0.349 e. The number of nitrogens with one attached hydrogen (secondary N) is 1. The molecule has 1 N–H and O–H groups in total. The molecule has 2 heterocycles. The van der Waals surface area contributed by atoms with Gasteiger partial charge in [0.1, 0.15) is 0 Å². The monoisotopic (exact) mass is 275 g/mol. The van der Waals surface area contributed by atoms with Gasteiger partial charge < -0.3 is 5.32 Å². The number of aromatic nitrogens is 4. The number of carbonyl (C=O) groups excluding carboxylic acids is 1. The Kier molecular flexibility index (Phi) is 4.65. The standard InChI is InChI=1S/C14H21N5O/c1-4-5-6-7-8-15-13(20)12-17-14-16-10(2)9-11(3)19(14)18-12/h9H,4-8H2,1-3H3,(H,15,20). The second-order valence-electron chi connectivity index (χ2n) is 5.00. The van der Waals surface area contributed by atoms with Crippen LogP contribution >= 0.6 is 0 Å². The molecule has 0 bridgehead atoms. The molecule has 0 aliphatic heterocycles. The summed E-state index contributed by atoms with van der Waals surface area (Å²) in [6.45, 7) is 6.65. The van der Waals surface area contributed by atoms with E-state index >= 15 is 0 Å². The predicted octanol–water partition coefficient (Wildman–Crippen LogP) is 2.05. The molecule has 2 rings (SSSR count). The van der Waals surface area contributed by atoms with Gasteiger partial charge in [-0.05, 0) is 26.3 Å². The van der Waals surface area contributed by atoms with Gasteiger partial charge in [-0.25, -0.2) is 9.50 Å². The summed E-state index contributed by atoms with van der Waals surface area (Å²) < 4.78 is 1.60. The van der Waals surface area contributed by atoms with Gasteiger partial charge in [-0.3, -0.25) is 4.79 Å². The first kappa shape index (κ1) is 14.4. The molecule has 0 atom stereocenters.